The fourth-order valence-electron chi connectivity index (χ4n) is 3.87. The first-order chi connectivity index (χ1) is 14.9. The van der Waals surface area contributed by atoms with Gasteiger partial charge < -0.3 is 29.9 Å². The van der Waals surface area contributed by atoms with E-state index in [0.29, 0.717) is 43.9 Å². The normalized spacial score (nSPS) is 21.0. The second kappa shape index (κ2) is 10.6. The third-order valence-corrected chi connectivity index (χ3v) is 5.86. The molecule has 31 heavy (non-hydrogen) atoms. The number of β-amino-alcohol motifs (C(OH)–C–C–N with tert-alkyl or cyclic N) is 1. The molecule has 7 heteroatoms. The van der Waals surface area contributed by atoms with Gasteiger partial charge in [0.1, 0.15) is 11.7 Å². The van der Waals surface area contributed by atoms with Crippen LogP contribution in [0.4, 0.5) is 0 Å². The lowest BCUT2D eigenvalue weighted by molar-refractivity contribution is -0.148. The molecule has 2 aromatic rings. The maximum absolute atomic E-state index is 12.5. The molecule has 1 fully saturated rings. The van der Waals surface area contributed by atoms with E-state index in [9.17, 15) is 15.0 Å². The van der Waals surface area contributed by atoms with Crippen molar-refractivity contribution in [3.8, 4) is 11.5 Å². The Kier molecular flexibility index (Phi) is 7.90. The molecule has 1 aliphatic heterocycles. The fraction of sp³-hybridized carbons (Fsp3) is 0.458. The van der Waals surface area contributed by atoms with Gasteiger partial charge in [-0.2, -0.15) is 0 Å². The number of ether oxygens (including phenoxy) is 2. The van der Waals surface area contributed by atoms with Crippen molar-refractivity contribution >= 4 is 5.91 Å². The quantitative estimate of drug-likeness (QED) is 0.564. The standard InChI is InChI=1S/C24H32N2O5/c1-30-20-10-8-19(14-21(20)31-2)15-25-17-24(29)12-13-26(16-22(24)27)23(28)11-9-18-6-4-3-5-7-18/h3-8,10,14,22,25,27,29H,9,11-13,15-17H2,1-2H3/t22-,24-/m0/s1. The number of nitrogens with zero attached hydrogens (tertiary/aromatic N) is 1. The summed E-state index contributed by atoms with van der Waals surface area (Å²) in [5.74, 6) is 1.30. The molecule has 7 nitrogen and oxygen atoms in total. The highest BCUT2D eigenvalue weighted by Gasteiger charge is 2.41. The van der Waals surface area contributed by atoms with Crippen LogP contribution in [-0.2, 0) is 17.8 Å². The molecule has 1 saturated heterocycles. The minimum absolute atomic E-state index is 0.00300. The first-order valence-corrected chi connectivity index (χ1v) is 10.6. The largest absolute Gasteiger partial charge is 0.493 e. The molecule has 3 rings (SSSR count). The van der Waals surface area contributed by atoms with Gasteiger partial charge in [0, 0.05) is 32.6 Å². The van der Waals surface area contributed by atoms with E-state index in [4.69, 9.17) is 9.47 Å². The second-order valence-corrected chi connectivity index (χ2v) is 7.99. The van der Waals surface area contributed by atoms with Crippen LogP contribution in [0.2, 0.25) is 0 Å². The maximum Gasteiger partial charge on any atom is 0.222 e. The number of aliphatic hydroxyl groups excluding tert-OH is 1. The van der Waals surface area contributed by atoms with Crippen LogP contribution >= 0.6 is 0 Å². The van der Waals surface area contributed by atoms with Gasteiger partial charge >= 0.3 is 0 Å². The van der Waals surface area contributed by atoms with Gasteiger partial charge in [0.05, 0.1) is 14.2 Å². The molecule has 2 atom stereocenters. The van der Waals surface area contributed by atoms with Crippen LogP contribution < -0.4 is 14.8 Å². The van der Waals surface area contributed by atoms with E-state index >= 15 is 0 Å². The topological polar surface area (TPSA) is 91.3 Å². The zero-order valence-corrected chi connectivity index (χ0v) is 18.2. The van der Waals surface area contributed by atoms with Crippen molar-refractivity contribution in [2.24, 2.45) is 0 Å². The molecule has 0 aliphatic carbocycles. The first kappa shape index (κ1) is 23.1. The van der Waals surface area contributed by atoms with E-state index in [1.54, 1.807) is 19.1 Å². The lowest BCUT2D eigenvalue weighted by Crippen LogP contribution is -2.60. The number of benzene rings is 2. The summed E-state index contributed by atoms with van der Waals surface area (Å²) in [5.41, 5.74) is 0.820. The molecule has 0 spiro atoms. The Hall–Kier alpha value is -2.61. The molecule has 3 N–H and O–H groups in total. The van der Waals surface area contributed by atoms with Crippen LogP contribution in [0.1, 0.15) is 24.0 Å². The van der Waals surface area contributed by atoms with Crippen molar-refractivity contribution in [1.82, 2.24) is 10.2 Å². The van der Waals surface area contributed by atoms with Crippen LogP contribution in [-0.4, -0.2) is 66.6 Å². The Morgan fingerprint density at radius 2 is 1.87 bits per heavy atom. The van der Waals surface area contributed by atoms with Crippen LogP contribution in [0, 0.1) is 0 Å². The number of hydrogen-bond acceptors (Lipinski definition) is 6. The van der Waals surface area contributed by atoms with Crippen molar-refractivity contribution < 1.29 is 24.5 Å². The fourth-order valence-corrected chi connectivity index (χ4v) is 3.87. The number of aliphatic hydroxyl groups is 2. The van der Waals surface area contributed by atoms with E-state index in [1.165, 1.54) is 0 Å². The summed E-state index contributed by atoms with van der Waals surface area (Å²) >= 11 is 0. The molecule has 0 saturated carbocycles. The van der Waals surface area contributed by atoms with Crippen LogP contribution in [0.3, 0.4) is 0 Å². The van der Waals surface area contributed by atoms with Gasteiger partial charge in [-0.05, 0) is 36.1 Å². The number of aryl methyl sites for hydroxylation is 1. The summed E-state index contributed by atoms with van der Waals surface area (Å²) < 4.78 is 10.6. The summed E-state index contributed by atoms with van der Waals surface area (Å²) in [7, 11) is 3.18. The number of nitrogens with one attached hydrogen (secondary N) is 1. The van der Waals surface area contributed by atoms with Crippen molar-refractivity contribution in [3.05, 3.63) is 59.7 Å². The number of likely N-dealkylation sites (tertiary alicyclic amines) is 1. The Bertz CT molecular complexity index is 860. The predicted molar refractivity (Wildman–Crippen MR) is 118 cm³/mol. The van der Waals surface area contributed by atoms with Crippen molar-refractivity contribution in [1.29, 1.82) is 0 Å². The van der Waals surface area contributed by atoms with Crippen LogP contribution in [0.15, 0.2) is 48.5 Å². The highest BCUT2D eigenvalue weighted by Crippen LogP contribution is 2.28. The van der Waals surface area contributed by atoms with Crippen molar-refractivity contribution in [3.63, 3.8) is 0 Å². The number of hydrogen-bond donors (Lipinski definition) is 3. The van der Waals surface area contributed by atoms with Gasteiger partial charge in [-0.1, -0.05) is 36.4 Å². The van der Waals surface area contributed by atoms with Crippen LogP contribution in [0.25, 0.3) is 0 Å². The number of rotatable bonds is 9. The van der Waals surface area contributed by atoms with E-state index in [1.807, 2.05) is 48.5 Å². The Labute approximate surface area is 183 Å². The second-order valence-electron chi connectivity index (χ2n) is 7.99. The Morgan fingerprint density at radius 1 is 1.13 bits per heavy atom. The van der Waals surface area contributed by atoms with E-state index < -0.39 is 11.7 Å². The molecule has 0 aromatic heterocycles. The first-order valence-electron chi connectivity index (χ1n) is 10.6. The average molecular weight is 429 g/mol. The third kappa shape index (κ3) is 5.97. The van der Waals surface area contributed by atoms with Gasteiger partial charge in [0.2, 0.25) is 5.91 Å². The lowest BCUT2D eigenvalue weighted by Gasteiger charge is -2.42. The van der Waals surface area contributed by atoms with Crippen molar-refractivity contribution in [2.45, 2.75) is 37.5 Å². The number of amides is 1. The van der Waals surface area contributed by atoms with Gasteiger partial charge in [-0.15, -0.1) is 0 Å². The molecular weight excluding hydrogens is 396 g/mol. The van der Waals surface area contributed by atoms with E-state index in [0.717, 1.165) is 11.1 Å². The van der Waals surface area contributed by atoms with Gasteiger partial charge in [-0.3, -0.25) is 4.79 Å². The molecule has 0 unspecified atom stereocenters. The summed E-state index contributed by atoms with van der Waals surface area (Å²) in [6.45, 7) is 1.31. The Morgan fingerprint density at radius 3 is 2.55 bits per heavy atom. The molecule has 1 heterocycles. The van der Waals surface area contributed by atoms with E-state index in [-0.39, 0.29) is 19.0 Å². The van der Waals surface area contributed by atoms with Gasteiger partial charge in [0.15, 0.2) is 11.5 Å². The van der Waals surface area contributed by atoms with Gasteiger partial charge in [-0.25, -0.2) is 0 Å². The molecule has 0 radical (unpaired) electrons. The van der Waals surface area contributed by atoms with Gasteiger partial charge in [0.25, 0.3) is 0 Å². The summed E-state index contributed by atoms with van der Waals surface area (Å²) in [5, 5.41) is 24.7. The molecule has 1 aliphatic rings. The highest BCUT2D eigenvalue weighted by molar-refractivity contribution is 5.76. The number of carbonyl (C=O) groups excluding carboxylic acids is 1. The molecule has 0 bridgehead atoms. The number of methoxy groups -OCH3 is 2. The van der Waals surface area contributed by atoms with Crippen LogP contribution in [0.5, 0.6) is 11.5 Å². The molecule has 2 aromatic carbocycles. The number of carbonyl (C=O) groups is 1. The smallest absolute Gasteiger partial charge is 0.222 e. The predicted octanol–water partition coefficient (Wildman–Crippen LogP) is 1.75. The van der Waals surface area contributed by atoms with Crippen molar-refractivity contribution in [2.75, 3.05) is 33.9 Å². The summed E-state index contributed by atoms with van der Waals surface area (Å²) in [6, 6.07) is 15.5. The lowest BCUT2D eigenvalue weighted by atomic mass is 9.88. The highest BCUT2D eigenvalue weighted by atomic mass is 16.5. The monoisotopic (exact) mass is 428 g/mol. The average Bonchev–Trinajstić information content (AvgIpc) is 2.80. The SMILES string of the molecule is COc1ccc(CNC[C@@]2(O)CCN(C(=O)CCc3ccccc3)C[C@@H]2O)cc1OC. The number of piperidine rings is 1. The van der Waals surface area contributed by atoms with E-state index in [2.05, 4.69) is 5.32 Å². The summed E-state index contributed by atoms with van der Waals surface area (Å²) in [6.07, 6.45) is 0.389. The summed E-state index contributed by atoms with van der Waals surface area (Å²) in [4.78, 5) is 14.2. The zero-order valence-electron chi connectivity index (χ0n) is 18.2. The minimum atomic E-state index is -1.27. The Balaban J connectivity index is 1.47. The molecule has 168 valence electrons. The molecule has 1 amide bonds. The zero-order chi connectivity index (χ0) is 22.3. The maximum atomic E-state index is 12.5. The molecular formula is C24H32N2O5. The third-order valence-electron chi connectivity index (χ3n) is 5.86. The minimum Gasteiger partial charge on any atom is -0.493 e.